The Kier molecular flexibility index (Phi) is 1.09. The van der Waals surface area contributed by atoms with E-state index in [2.05, 4.69) is 5.10 Å². The van der Waals surface area contributed by atoms with Crippen molar-refractivity contribution in [3.05, 3.63) is 17.7 Å². The maximum absolute atomic E-state index is 13.5. The molecular formula is C9H8F2N2O. The molecule has 5 heteroatoms. The van der Waals surface area contributed by atoms with Crippen molar-refractivity contribution < 1.29 is 13.6 Å². The number of fused-ring (bicyclic) bond motifs is 1. The van der Waals surface area contributed by atoms with Crippen LogP contribution in [-0.2, 0) is 5.54 Å². The molecule has 0 amide bonds. The zero-order valence-corrected chi connectivity index (χ0v) is 7.55. The molecule has 0 spiro atoms. The molecule has 74 valence electrons. The second kappa shape index (κ2) is 1.89. The lowest BCUT2D eigenvalue weighted by atomic mass is 10.2. The van der Waals surface area contributed by atoms with Gasteiger partial charge in [0.15, 0.2) is 5.78 Å². The molecule has 3 nitrogen and oxygen atoms in total. The third kappa shape index (κ3) is 0.679. The fourth-order valence-corrected chi connectivity index (χ4v) is 1.99. The van der Waals surface area contributed by atoms with Gasteiger partial charge in [0.2, 0.25) is 5.95 Å². The summed E-state index contributed by atoms with van der Waals surface area (Å²) in [4.78, 5) is 10.9. The topological polar surface area (TPSA) is 34.9 Å². The molecule has 1 heterocycles. The van der Waals surface area contributed by atoms with Crippen LogP contribution < -0.4 is 0 Å². The fraction of sp³-hybridized carbons (Fsp3) is 0.556. The van der Waals surface area contributed by atoms with Crippen LogP contribution >= 0.6 is 0 Å². The number of nitrogens with zero attached hydrogens (tertiary/aromatic N) is 2. The lowest BCUT2D eigenvalue weighted by molar-refractivity contribution is 0.101. The summed E-state index contributed by atoms with van der Waals surface area (Å²) in [5, 5.41) is 3.74. The van der Waals surface area contributed by atoms with E-state index in [1.165, 1.54) is 13.1 Å². The van der Waals surface area contributed by atoms with E-state index in [1.807, 2.05) is 0 Å². The summed E-state index contributed by atoms with van der Waals surface area (Å²) in [5.74, 6) is -1.08. The van der Waals surface area contributed by atoms with Crippen LogP contribution in [0.15, 0.2) is 6.20 Å². The van der Waals surface area contributed by atoms with Gasteiger partial charge in [0, 0.05) is 12.8 Å². The van der Waals surface area contributed by atoms with Gasteiger partial charge in [-0.25, -0.2) is 9.07 Å². The molecule has 0 bridgehead atoms. The SMILES string of the molecule is CC(=O)c1cnn(C23CC2(F)C3)c1F. The van der Waals surface area contributed by atoms with Gasteiger partial charge in [-0.1, -0.05) is 0 Å². The standard InChI is InChI=1S/C9H8F2N2O/c1-5(14)6-2-12-13(7(6)10)9-3-8(9,11)4-9/h2H,3-4H2,1H3. The molecule has 1 aromatic heterocycles. The number of hydrogen-bond acceptors (Lipinski definition) is 2. The normalized spacial score (nSPS) is 37.9. The number of carbonyl (C=O) groups excluding carboxylic acids is 1. The third-order valence-electron chi connectivity index (χ3n) is 3.22. The minimum Gasteiger partial charge on any atom is -0.294 e. The van der Waals surface area contributed by atoms with Gasteiger partial charge < -0.3 is 0 Å². The van der Waals surface area contributed by atoms with E-state index in [0.29, 0.717) is 12.8 Å². The smallest absolute Gasteiger partial charge is 0.223 e. The average Bonchev–Trinajstić information content (AvgIpc) is 2.70. The second-order valence-electron chi connectivity index (χ2n) is 4.17. The number of aromatic nitrogens is 2. The Balaban J connectivity index is 2.05. The number of rotatable bonds is 2. The van der Waals surface area contributed by atoms with Crippen molar-refractivity contribution in [3.63, 3.8) is 0 Å². The zero-order valence-electron chi connectivity index (χ0n) is 7.55. The van der Waals surface area contributed by atoms with E-state index < -0.39 is 17.2 Å². The molecule has 0 atom stereocenters. The van der Waals surface area contributed by atoms with E-state index in [-0.39, 0.29) is 11.3 Å². The average molecular weight is 198 g/mol. The van der Waals surface area contributed by atoms with E-state index in [1.54, 1.807) is 0 Å². The second-order valence-corrected chi connectivity index (χ2v) is 4.17. The maximum Gasteiger partial charge on any atom is 0.223 e. The molecule has 2 aliphatic carbocycles. The minimum absolute atomic E-state index is 0.0551. The Bertz CT molecular complexity index is 446. The number of halogens is 2. The van der Waals surface area contributed by atoms with Gasteiger partial charge in [0.05, 0.1) is 11.8 Å². The third-order valence-corrected chi connectivity index (χ3v) is 3.22. The van der Waals surface area contributed by atoms with Crippen LogP contribution in [0.4, 0.5) is 8.78 Å². The van der Waals surface area contributed by atoms with Gasteiger partial charge in [-0.2, -0.15) is 9.49 Å². The summed E-state index contributed by atoms with van der Waals surface area (Å²) < 4.78 is 27.9. The fourth-order valence-electron chi connectivity index (χ4n) is 1.99. The molecule has 0 saturated heterocycles. The van der Waals surface area contributed by atoms with Crippen LogP contribution in [0.5, 0.6) is 0 Å². The first-order valence-corrected chi connectivity index (χ1v) is 4.44. The summed E-state index contributed by atoms with van der Waals surface area (Å²) in [6.45, 7) is 1.27. The summed E-state index contributed by atoms with van der Waals surface area (Å²) in [7, 11) is 0. The Morgan fingerprint density at radius 2 is 2.21 bits per heavy atom. The summed E-state index contributed by atoms with van der Waals surface area (Å²) in [6.07, 6.45) is 1.83. The molecule has 14 heavy (non-hydrogen) atoms. The Labute approximate surface area is 78.7 Å². The highest BCUT2D eigenvalue weighted by atomic mass is 19.2. The maximum atomic E-state index is 13.5. The highest BCUT2D eigenvalue weighted by Crippen LogP contribution is 2.78. The van der Waals surface area contributed by atoms with Crippen LogP contribution in [0.1, 0.15) is 30.1 Å². The van der Waals surface area contributed by atoms with Gasteiger partial charge in [-0.3, -0.25) is 4.79 Å². The molecule has 0 unspecified atom stereocenters. The van der Waals surface area contributed by atoms with Crippen LogP contribution in [0.25, 0.3) is 0 Å². The molecule has 3 rings (SSSR count). The van der Waals surface area contributed by atoms with E-state index in [4.69, 9.17) is 0 Å². The van der Waals surface area contributed by atoms with Crippen LogP contribution in [0.2, 0.25) is 0 Å². The summed E-state index contributed by atoms with van der Waals surface area (Å²) in [5.41, 5.74) is -2.04. The number of carbonyl (C=O) groups is 1. The molecule has 0 N–H and O–H groups in total. The van der Waals surface area contributed by atoms with E-state index in [0.717, 1.165) is 4.68 Å². The van der Waals surface area contributed by atoms with Crippen molar-refractivity contribution in [2.24, 2.45) is 0 Å². The quantitative estimate of drug-likeness (QED) is 0.674. The predicted octanol–water partition coefficient (Wildman–Crippen LogP) is 1.44. The van der Waals surface area contributed by atoms with Crippen LogP contribution in [0.3, 0.4) is 0 Å². The summed E-state index contributed by atoms with van der Waals surface area (Å²) in [6, 6.07) is 0. The first kappa shape index (κ1) is 8.08. The molecule has 2 saturated carbocycles. The molecule has 0 radical (unpaired) electrons. The minimum atomic E-state index is -1.24. The number of Topliss-reactive ketones (excluding diaryl/α,β-unsaturated/α-hetero) is 1. The molecule has 2 fully saturated rings. The molecule has 2 aliphatic rings. The molecular weight excluding hydrogens is 190 g/mol. The van der Waals surface area contributed by atoms with Crippen molar-refractivity contribution in [1.29, 1.82) is 0 Å². The zero-order chi connectivity index (χ0) is 10.1. The van der Waals surface area contributed by atoms with Gasteiger partial charge in [-0.05, 0) is 6.92 Å². The monoisotopic (exact) mass is 198 g/mol. The largest absolute Gasteiger partial charge is 0.294 e. The molecule has 0 aliphatic heterocycles. The van der Waals surface area contributed by atoms with Crippen molar-refractivity contribution in [1.82, 2.24) is 9.78 Å². The number of alkyl halides is 1. The number of hydrogen-bond donors (Lipinski definition) is 0. The van der Waals surface area contributed by atoms with Gasteiger partial charge in [0.1, 0.15) is 11.2 Å². The Hall–Kier alpha value is -1.26. The van der Waals surface area contributed by atoms with Crippen LogP contribution in [0, 0.1) is 5.95 Å². The van der Waals surface area contributed by atoms with Crippen molar-refractivity contribution in [2.45, 2.75) is 31.0 Å². The first-order chi connectivity index (χ1) is 6.50. The van der Waals surface area contributed by atoms with E-state index >= 15 is 0 Å². The molecule has 0 aromatic carbocycles. The van der Waals surface area contributed by atoms with Crippen molar-refractivity contribution >= 4 is 5.78 Å². The predicted molar refractivity (Wildman–Crippen MR) is 43.2 cm³/mol. The lowest BCUT2D eigenvalue weighted by Gasteiger charge is -2.02. The lowest BCUT2D eigenvalue weighted by Crippen LogP contribution is -2.12. The highest BCUT2D eigenvalue weighted by molar-refractivity contribution is 5.93. The molecule has 1 aromatic rings. The summed E-state index contributed by atoms with van der Waals surface area (Å²) >= 11 is 0. The van der Waals surface area contributed by atoms with Gasteiger partial charge in [-0.15, -0.1) is 0 Å². The Morgan fingerprint density at radius 3 is 2.57 bits per heavy atom. The van der Waals surface area contributed by atoms with Crippen LogP contribution in [-0.4, -0.2) is 21.2 Å². The van der Waals surface area contributed by atoms with Gasteiger partial charge in [0.25, 0.3) is 0 Å². The first-order valence-electron chi connectivity index (χ1n) is 4.44. The van der Waals surface area contributed by atoms with Crippen molar-refractivity contribution in [2.75, 3.05) is 0 Å². The van der Waals surface area contributed by atoms with E-state index in [9.17, 15) is 13.6 Å². The van der Waals surface area contributed by atoms with Crippen molar-refractivity contribution in [3.8, 4) is 0 Å². The highest BCUT2D eigenvalue weighted by Gasteiger charge is 2.88. The number of ketones is 1. The van der Waals surface area contributed by atoms with Gasteiger partial charge >= 0.3 is 0 Å². The Morgan fingerprint density at radius 1 is 1.64 bits per heavy atom.